The van der Waals surface area contributed by atoms with Gasteiger partial charge in [0.2, 0.25) is 0 Å². The highest BCUT2D eigenvalue weighted by atomic mass is 16.5. The summed E-state index contributed by atoms with van der Waals surface area (Å²) in [5, 5.41) is 0. The molecule has 0 aliphatic rings. The number of allylic oxidation sites excluding steroid dienone is 3. The van der Waals surface area contributed by atoms with Crippen LogP contribution < -0.4 is 10.5 Å². The molecule has 0 unspecified atom stereocenters. The van der Waals surface area contributed by atoms with Gasteiger partial charge in [0, 0.05) is 0 Å². The molecule has 0 aromatic heterocycles. The van der Waals surface area contributed by atoms with Gasteiger partial charge in [-0.3, -0.25) is 0 Å². The maximum atomic E-state index is 11.5. The van der Waals surface area contributed by atoms with Crippen molar-refractivity contribution in [2.45, 2.75) is 33.6 Å². The molecule has 0 bridgehead atoms. The first kappa shape index (κ1) is 17.8. The molecule has 0 aliphatic heterocycles. The Morgan fingerprint density at radius 2 is 1.95 bits per heavy atom. The SMILES string of the molecule is COC(=O)c1ccc(N)c(OCC=C(C)CCC=C(C)C)c1. The molecule has 1 aromatic rings. The highest BCUT2D eigenvalue weighted by Crippen LogP contribution is 2.23. The topological polar surface area (TPSA) is 61.5 Å². The van der Waals surface area contributed by atoms with Crippen LogP contribution in [0, 0.1) is 0 Å². The van der Waals surface area contributed by atoms with Crippen LogP contribution in [0.4, 0.5) is 5.69 Å². The van der Waals surface area contributed by atoms with Gasteiger partial charge in [-0.1, -0.05) is 17.2 Å². The van der Waals surface area contributed by atoms with Crippen LogP contribution >= 0.6 is 0 Å². The molecule has 2 N–H and O–H groups in total. The highest BCUT2D eigenvalue weighted by molar-refractivity contribution is 5.90. The summed E-state index contributed by atoms with van der Waals surface area (Å²) in [7, 11) is 1.35. The number of esters is 1. The van der Waals surface area contributed by atoms with Gasteiger partial charge >= 0.3 is 5.97 Å². The smallest absolute Gasteiger partial charge is 0.337 e. The Morgan fingerprint density at radius 3 is 2.59 bits per heavy atom. The molecule has 0 radical (unpaired) electrons. The Hall–Kier alpha value is -2.23. The van der Waals surface area contributed by atoms with Crippen LogP contribution in [0.1, 0.15) is 44.0 Å². The molecular weight excluding hydrogens is 278 g/mol. The quantitative estimate of drug-likeness (QED) is 0.467. The fourth-order valence-corrected chi connectivity index (χ4v) is 1.87. The van der Waals surface area contributed by atoms with Gasteiger partial charge in [0.25, 0.3) is 0 Å². The number of nitrogens with two attached hydrogens (primary N) is 1. The molecule has 0 spiro atoms. The number of hydrogen-bond donors (Lipinski definition) is 1. The molecule has 22 heavy (non-hydrogen) atoms. The van der Waals surface area contributed by atoms with E-state index < -0.39 is 5.97 Å². The van der Waals surface area contributed by atoms with E-state index in [1.165, 1.54) is 18.3 Å². The minimum Gasteiger partial charge on any atom is -0.487 e. The van der Waals surface area contributed by atoms with Crippen LogP contribution in [0.15, 0.2) is 41.5 Å². The van der Waals surface area contributed by atoms with E-state index in [4.69, 9.17) is 10.5 Å². The van der Waals surface area contributed by atoms with E-state index in [2.05, 4.69) is 31.6 Å². The van der Waals surface area contributed by atoms with E-state index in [9.17, 15) is 4.79 Å². The van der Waals surface area contributed by atoms with Crippen LogP contribution in [0.5, 0.6) is 5.75 Å². The Kier molecular flexibility index (Phi) is 7.23. The first-order valence-electron chi connectivity index (χ1n) is 7.33. The summed E-state index contributed by atoms with van der Waals surface area (Å²) in [6.45, 7) is 6.70. The predicted octanol–water partition coefficient (Wildman–Crippen LogP) is 4.13. The summed E-state index contributed by atoms with van der Waals surface area (Å²) in [6.07, 6.45) is 6.29. The Labute approximate surface area is 132 Å². The number of nitrogen functional groups attached to an aromatic ring is 1. The van der Waals surface area contributed by atoms with Crippen LogP contribution in [0.2, 0.25) is 0 Å². The summed E-state index contributed by atoms with van der Waals surface area (Å²) in [5.74, 6) is 0.0922. The zero-order chi connectivity index (χ0) is 16.5. The Bertz CT molecular complexity index is 570. The molecule has 120 valence electrons. The largest absolute Gasteiger partial charge is 0.487 e. The highest BCUT2D eigenvalue weighted by Gasteiger charge is 2.08. The van der Waals surface area contributed by atoms with Gasteiger partial charge in [0.15, 0.2) is 0 Å². The van der Waals surface area contributed by atoms with E-state index in [0.717, 1.165) is 12.8 Å². The second-order valence-corrected chi connectivity index (χ2v) is 5.43. The number of carbonyl (C=O) groups is 1. The standard InChI is InChI=1S/C18H25NO3/c1-13(2)6-5-7-14(3)10-11-22-17-12-15(18(20)21-4)8-9-16(17)19/h6,8-10,12H,5,7,11,19H2,1-4H3. The van der Waals surface area contributed by atoms with Crippen molar-refractivity contribution >= 4 is 11.7 Å². The number of hydrogen-bond acceptors (Lipinski definition) is 4. The van der Waals surface area contributed by atoms with E-state index >= 15 is 0 Å². The van der Waals surface area contributed by atoms with Crippen LogP contribution in [-0.4, -0.2) is 19.7 Å². The second-order valence-electron chi connectivity index (χ2n) is 5.43. The molecule has 1 rings (SSSR count). The van der Waals surface area contributed by atoms with Crippen molar-refractivity contribution < 1.29 is 14.3 Å². The van der Waals surface area contributed by atoms with Crippen molar-refractivity contribution in [2.24, 2.45) is 0 Å². The number of ether oxygens (including phenoxy) is 2. The molecule has 4 heteroatoms. The molecule has 0 saturated heterocycles. The molecular formula is C18H25NO3. The van der Waals surface area contributed by atoms with Gasteiger partial charge in [-0.05, 0) is 57.9 Å². The Morgan fingerprint density at radius 1 is 1.23 bits per heavy atom. The normalized spacial score (nSPS) is 11.0. The molecule has 0 saturated carbocycles. The van der Waals surface area contributed by atoms with Crippen molar-refractivity contribution in [1.29, 1.82) is 0 Å². The number of rotatable bonds is 7. The minimum absolute atomic E-state index is 0.404. The maximum absolute atomic E-state index is 11.5. The predicted molar refractivity (Wildman–Crippen MR) is 90.1 cm³/mol. The maximum Gasteiger partial charge on any atom is 0.337 e. The minimum atomic E-state index is -0.404. The van der Waals surface area contributed by atoms with Gasteiger partial charge in [0.05, 0.1) is 18.4 Å². The number of benzene rings is 1. The lowest BCUT2D eigenvalue weighted by atomic mass is 10.1. The van der Waals surface area contributed by atoms with E-state index in [1.54, 1.807) is 18.2 Å². The summed E-state index contributed by atoms with van der Waals surface area (Å²) in [4.78, 5) is 11.5. The lowest BCUT2D eigenvalue weighted by molar-refractivity contribution is 0.0600. The lowest BCUT2D eigenvalue weighted by Gasteiger charge is -2.09. The fraction of sp³-hybridized carbons (Fsp3) is 0.389. The summed E-state index contributed by atoms with van der Waals surface area (Å²) >= 11 is 0. The second kappa shape index (κ2) is 8.93. The zero-order valence-corrected chi connectivity index (χ0v) is 13.8. The fourth-order valence-electron chi connectivity index (χ4n) is 1.87. The van der Waals surface area contributed by atoms with E-state index in [1.807, 2.05) is 6.08 Å². The van der Waals surface area contributed by atoms with Crippen LogP contribution in [-0.2, 0) is 4.74 Å². The average molecular weight is 303 g/mol. The van der Waals surface area contributed by atoms with Gasteiger partial charge in [0.1, 0.15) is 12.4 Å². The van der Waals surface area contributed by atoms with Gasteiger partial charge in [-0.25, -0.2) is 4.79 Å². The third kappa shape index (κ3) is 6.04. The molecule has 0 amide bonds. The molecule has 0 aliphatic carbocycles. The van der Waals surface area contributed by atoms with Crippen molar-refractivity contribution in [2.75, 3.05) is 19.5 Å². The van der Waals surface area contributed by atoms with Crippen molar-refractivity contribution in [3.8, 4) is 5.75 Å². The van der Waals surface area contributed by atoms with E-state index in [-0.39, 0.29) is 0 Å². The number of methoxy groups -OCH3 is 1. The number of carbonyl (C=O) groups excluding carboxylic acids is 1. The molecule has 0 heterocycles. The third-order valence-corrected chi connectivity index (χ3v) is 3.20. The first-order valence-corrected chi connectivity index (χ1v) is 7.33. The average Bonchev–Trinajstić information content (AvgIpc) is 2.48. The van der Waals surface area contributed by atoms with Gasteiger partial charge in [-0.2, -0.15) is 0 Å². The lowest BCUT2D eigenvalue weighted by Crippen LogP contribution is -2.04. The summed E-state index contributed by atoms with van der Waals surface area (Å²) < 4.78 is 10.3. The van der Waals surface area contributed by atoms with Crippen LogP contribution in [0.3, 0.4) is 0 Å². The van der Waals surface area contributed by atoms with Gasteiger partial charge < -0.3 is 15.2 Å². The zero-order valence-electron chi connectivity index (χ0n) is 13.8. The molecule has 0 atom stereocenters. The van der Waals surface area contributed by atoms with E-state index in [0.29, 0.717) is 23.6 Å². The van der Waals surface area contributed by atoms with Crippen LogP contribution in [0.25, 0.3) is 0 Å². The molecule has 4 nitrogen and oxygen atoms in total. The summed E-state index contributed by atoms with van der Waals surface area (Å²) in [6, 6.07) is 4.87. The van der Waals surface area contributed by atoms with Crippen molar-refractivity contribution in [1.82, 2.24) is 0 Å². The van der Waals surface area contributed by atoms with Crippen molar-refractivity contribution in [3.63, 3.8) is 0 Å². The Balaban J connectivity index is 2.60. The summed E-state index contributed by atoms with van der Waals surface area (Å²) in [5.41, 5.74) is 9.38. The molecule has 1 aromatic carbocycles. The monoisotopic (exact) mass is 303 g/mol. The van der Waals surface area contributed by atoms with Gasteiger partial charge in [-0.15, -0.1) is 0 Å². The molecule has 0 fully saturated rings. The van der Waals surface area contributed by atoms with Crippen molar-refractivity contribution in [3.05, 3.63) is 47.1 Å². The number of anilines is 1. The third-order valence-electron chi connectivity index (χ3n) is 3.20. The first-order chi connectivity index (χ1) is 10.4.